The monoisotopic (exact) mass is 315 g/mol. The van der Waals surface area contributed by atoms with E-state index in [1.54, 1.807) is 6.92 Å². The summed E-state index contributed by atoms with van der Waals surface area (Å²) in [4.78, 5) is 23.7. The predicted octanol–water partition coefficient (Wildman–Crippen LogP) is 2.94. The lowest BCUT2D eigenvalue weighted by Crippen LogP contribution is -2.42. The van der Waals surface area contributed by atoms with E-state index in [4.69, 9.17) is 0 Å². The second-order valence-electron chi connectivity index (χ2n) is 4.75. The molecule has 0 bridgehead atoms. The number of amides is 1. The molecule has 7 heteroatoms. The van der Waals surface area contributed by atoms with E-state index < -0.39 is 35.2 Å². The first-order chi connectivity index (χ1) is 10.2. The SMILES string of the molecule is C=C(C)C[C@@H](NC(=O)c1ccccc1C(F)(F)F)C(=O)OC. The summed E-state index contributed by atoms with van der Waals surface area (Å²) in [6.45, 7) is 5.24. The number of esters is 1. The molecule has 0 aliphatic rings. The third-order valence-electron chi connectivity index (χ3n) is 2.82. The van der Waals surface area contributed by atoms with E-state index in [1.807, 2.05) is 0 Å². The number of alkyl halides is 3. The van der Waals surface area contributed by atoms with Gasteiger partial charge in [0.1, 0.15) is 6.04 Å². The largest absolute Gasteiger partial charge is 0.467 e. The van der Waals surface area contributed by atoms with Gasteiger partial charge in [-0.1, -0.05) is 17.7 Å². The summed E-state index contributed by atoms with van der Waals surface area (Å²) in [6.07, 6.45) is -4.59. The number of carbonyl (C=O) groups excluding carboxylic acids is 2. The number of hydrogen-bond donors (Lipinski definition) is 1. The minimum absolute atomic E-state index is 0.0760. The lowest BCUT2D eigenvalue weighted by molar-refractivity contribution is -0.142. The highest BCUT2D eigenvalue weighted by Gasteiger charge is 2.35. The molecule has 0 aliphatic carbocycles. The molecule has 120 valence electrons. The van der Waals surface area contributed by atoms with Crippen LogP contribution >= 0.6 is 0 Å². The van der Waals surface area contributed by atoms with E-state index in [9.17, 15) is 22.8 Å². The summed E-state index contributed by atoms with van der Waals surface area (Å²) in [5, 5.41) is 2.25. The lowest BCUT2D eigenvalue weighted by Gasteiger charge is -2.18. The molecule has 0 unspecified atom stereocenters. The van der Waals surface area contributed by atoms with Gasteiger partial charge < -0.3 is 10.1 Å². The number of ether oxygens (including phenoxy) is 1. The lowest BCUT2D eigenvalue weighted by atomic mass is 10.0. The number of carbonyl (C=O) groups is 2. The molecule has 0 saturated heterocycles. The van der Waals surface area contributed by atoms with Gasteiger partial charge >= 0.3 is 12.1 Å². The fraction of sp³-hybridized carbons (Fsp3) is 0.333. The van der Waals surface area contributed by atoms with Crippen molar-refractivity contribution in [3.63, 3.8) is 0 Å². The van der Waals surface area contributed by atoms with Crippen LogP contribution in [-0.2, 0) is 15.7 Å². The summed E-state index contributed by atoms with van der Waals surface area (Å²) in [7, 11) is 1.13. The van der Waals surface area contributed by atoms with Crippen molar-refractivity contribution >= 4 is 11.9 Å². The maximum absolute atomic E-state index is 12.9. The normalized spacial score (nSPS) is 12.4. The van der Waals surface area contributed by atoms with Crippen molar-refractivity contribution in [2.45, 2.75) is 25.6 Å². The summed E-state index contributed by atoms with van der Waals surface area (Å²) in [5.41, 5.74) is -1.03. The first-order valence-electron chi connectivity index (χ1n) is 6.36. The van der Waals surface area contributed by atoms with Gasteiger partial charge in [-0.25, -0.2) is 4.79 Å². The van der Waals surface area contributed by atoms with Gasteiger partial charge in [0.25, 0.3) is 5.91 Å². The average Bonchev–Trinajstić information content (AvgIpc) is 2.44. The van der Waals surface area contributed by atoms with Crippen LogP contribution < -0.4 is 5.32 Å². The molecule has 0 heterocycles. The van der Waals surface area contributed by atoms with Crippen molar-refractivity contribution in [1.29, 1.82) is 0 Å². The molecule has 1 rings (SSSR count). The number of benzene rings is 1. The Labute approximate surface area is 126 Å². The van der Waals surface area contributed by atoms with E-state index in [-0.39, 0.29) is 6.42 Å². The minimum Gasteiger partial charge on any atom is -0.467 e. The highest BCUT2D eigenvalue weighted by atomic mass is 19.4. The van der Waals surface area contributed by atoms with Gasteiger partial charge in [0.2, 0.25) is 0 Å². The average molecular weight is 315 g/mol. The van der Waals surface area contributed by atoms with E-state index in [0.29, 0.717) is 5.57 Å². The fourth-order valence-corrected chi connectivity index (χ4v) is 1.85. The van der Waals surface area contributed by atoms with Gasteiger partial charge in [0.05, 0.1) is 18.2 Å². The van der Waals surface area contributed by atoms with Crippen molar-refractivity contribution in [3.05, 3.63) is 47.5 Å². The Kier molecular flexibility index (Phi) is 5.73. The predicted molar refractivity (Wildman–Crippen MR) is 74.1 cm³/mol. The van der Waals surface area contributed by atoms with Gasteiger partial charge in [0.15, 0.2) is 0 Å². The van der Waals surface area contributed by atoms with Crippen molar-refractivity contribution in [3.8, 4) is 0 Å². The van der Waals surface area contributed by atoms with Gasteiger partial charge in [0, 0.05) is 0 Å². The van der Waals surface area contributed by atoms with Crippen LogP contribution in [0.4, 0.5) is 13.2 Å². The molecule has 1 atom stereocenters. The van der Waals surface area contributed by atoms with Crippen LogP contribution in [0.1, 0.15) is 29.3 Å². The van der Waals surface area contributed by atoms with Crippen molar-refractivity contribution in [2.75, 3.05) is 7.11 Å². The summed E-state index contributed by atoms with van der Waals surface area (Å²) < 4.78 is 43.2. The topological polar surface area (TPSA) is 55.4 Å². The molecule has 0 radical (unpaired) electrons. The van der Waals surface area contributed by atoms with Gasteiger partial charge in [-0.2, -0.15) is 13.2 Å². The zero-order valence-corrected chi connectivity index (χ0v) is 12.2. The van der Waals surface area contributed by atoms with Gasteiger partial charge in [-0.15, -0.1) is 6.58 Å². The minimum atomic E-state index is -4.66. The fourth-order valence-electron chi connectivity index (χ4n) is 1.85. The number of hydrogen-bond acceptors (Lipinski definition) is 3. The van der Waals surface area contributed by atoms with Crippen LogP contribution in [-0.4, -0.2) is 25.0 Å². The zero-order valence-electron chi connectivity index (χ0n) is 12.2. The maximum atomic E-state index is 12.9. The van der Waals surface area contributed by atoms with Crippen LogP contribution in [0.3, 0.4) is 0 Å². The van der Waals surface area contributed by atoms with Crippen LogP contribution in [0.15, 0.2) is 36.4 Å². The summed E-state index contributed by atoms with van der Waals surface area (Å²) in [5.74, 6) is -1.74. The number of methoxy groups -OCH3 is 1. The van der Waals surface area contributed by atoms with Crippen LogP contribution in [0, 0.1) is 0 Å². The van der Waals surface area contributed by atoms with Crippen molar-refractivity contribution in [1.82, 2.24) is 5.32 Å². The van der Waals surface area contributed by atoms with Crippen molar-refractivity contribution < 1.29 is 27.5 Å². The Balaban J connectivity index is 3.05. The Morgan fingerprint density at radius 1 is 1.32 bits per heavy atom. The first-order valence-corrected chi connectivity index (χ1v) is 6.36. The molecule has 0 spiro atoms. The quantitative estimate of drug-likeness (QED) is 0.671. The van der Waals surface area contributed by atoms with Crippen LogP contribution in [0.5, 0.6) is 0 Å². The molecular formula is C15H16F3NO3. The van der Waals surface area contributed by atoms with E-state index >= 15 is 0 Å². The van der Waals surface area contributed by atoms with Gasteiger partial charge in [-0.3, -0.25) is 4.79 Å². The summed E-state index contributed by atoms with van der Waals surface area (Å²) in [6, 6.07) is 3.27. The maximum Gasteiger partial charge on any atom is 0.417 e. The van der Waals surface area contributed by atoms with E-state index in [2.05, 4.69) is 16.6 Å². The third-order valence-corrected chi connectivity index (χ3v) is 2.82. The number of nitrogens with one attached hydrogen (secondary N) is 1. The molecule has 1 aromatic carbocycles. The molecule has 22 heavy (non-hydrogen) atoms. The summed E-state index contributed by atoms with van der Waals surface area (Å²) >= 11 is 0. The standard InChI is InChI=1S/C15H16F3NO3/c1-9(2)8-12(14(21)22-3)19-13(20)10-6-4-5-7-11(10)15(16,17)18/h4-7,12H,1,8H2,2-3H3,(H,19,20)/t12-/m1/s1. The molecule has 4 nitrogen and oxygen atoms in total. The third kappa shape index (κ3) is 4.61. The molecule has 0 aromatic heterocycles. The van der Waals surface area contributed by atoms with Gasteiger partial charge in [-0.05, 0) is 25.5 Å². The smallest absolute Gasteiger partial charge is 0.417 e. The molecular weight excluding hydrogens is 299 g/mol. The Morgan fingerprint density at radius 2 is 1.91 bits per heavy atom. The zero-order chi connectivity index (χ0) is 16.9. The Bertz CT molecular complexity index is 582. The molecule has 0 aliphatic heterocycles. The second-order valence-corrected chi connectivity index (χ2v) is 4.75. The van der Waals surface area contributed by atoms with E-state index in [1.165, 1.54) is 12.1 Å². The molecule has 1 amide bonds. The van der Waals surface area contributed by atoms with Crippen LogP contribution in [0.2, 0.25) is 0 Å². The Hall–Kier alpha value is -2.31. The molecule has 1 N–H and O–H groups in total. The molecule has 0 fully saturated rings. The van der Waals surface area contributed by atoms with E-state index in [0.717, 1.165) is 19.2 Å². The highest BCUT2D eigenvalue weighted by Crippen LogP contribution is 2.31. The molecule has 0 saturated carbocycles. The second kappa shape index (κ2) is 7.11. The highest BCUT2D eigenvalue weighted by molar-refractivity contribution is 5.98. The first kappa shape index (κ1) is 17.7. The van der Waals surface area contributed by atoms with Crippen LogP contribution in [0.25, 0.3) is 0 Å². The van der Waals surface area contributed by atoms with Crippen molar-refractivity contribution in [2.24, 2.45) is 0 Å². The Morgan fingerprint density at radius 3 is 2.41 bits per heavy atom. The number of halogens is 3. The molecule has 1 aromatic rings. The number of rotatable bonds is 5.